The fraction of sp³-hybridized carbons (Fsp3) is 0.500. The van der Waals surface area contributed by atoms with Crippen molar-refractivity contribution in [2.45, 2.75) is 32.9 Å². The lowest BCUT2D eigenvalue weighted by Gasteiger charge is -2.19. The molecule has 0 unspecified atom stereocenters. The summed E-state index contributed by atoms with van der Waals surface area (Å²) in [5.41, 5.74) is 3.65. The second kappa shape index (κ2) is 4.73. The van der Waals surface area contributed by atoms with Crippen LogP contribution < -0.4 is 5.48 Å². The minimum absolute atomic E-state index is 0.195. The van der Waals surface area contributed by atoms with Crippen LogP contribution in [0.2, 0.25) is 5.02 Å². The average Bonchev–Trinajstić information content (AvgIpc) is 2.06. The first-order valence-electron chi connectivity index (χ1n) is 4.48. The number of hydroxylamine groups is 1. The van der Waals surface area contributed by atoms with Crippen molar-refractivity contribution in [2.75, 3.05) is 0 Å². The summed E-state index contributed by atoms with van der Waals surface area (Å²) in [7, 11) is 0. The van der Waals surface area contributed by atoms with E-state index in [2.05, 4.69) is 10.5 Å². The summed E-state index contributed by atoms with van der Waals surface area (Å²) in [5.74, 6) is 0. The zero-order chi connectivity index (χ0) is 10.6. The van der Waals surface area contributed by atoms with Crippen molar-refractivity contribution in [3.8, 4) is 0 Å². The Morgan fingerprint density at radius 1 is 1.50 bits per heavy atom. The maximum absolute atomic E-state index is 5.92. The topological polar surface area (TPSA) is 34.1 Å². The third-order valence-corrected chi connectivity index (χ3v) is 1.84. The lowest BCUT2D eigenvalue weighted by Crippen LogP contribution is -2.28. The summed E-state index contributed by atoms with van der Waals surface area (Å²) in [6.07, 6.45) is 3.33. The van der Waals surface area contributed by atoms with Gasteiger partial charge in [-0.2, -0.15) is 5.48 Å². The van der Waals surface area contributed by atoms with Gasteiger partial charge in [-0.3, -0.25) is 9.82 Å². The van der Waals surface area contributed by atoms with Gasteiger partial charge in [-0.25, -0.2) is 0 Å². The highest BCUT2D eigenvalue weighted by molar-refractivity contribution is 6.31. The number of hydrogen-bond donors (Lipinski definition) is 1. The second-order valence-corrected chi connectivity index (χ2v) is 4.41. The highest BCUT2D eigenvalue weighted by Gasteiger charge is 2.10. The number of nitrogens with one attached hydrogen (secondary N) is 1. The maximum Gasteiger partial charge on any atom is 0.0813 e. The van der Waals surface area contributed by atoms with E-state index < -0.39 is 0 Å². The van der Waals surface area contributed by atoms with Crippen molar-refractivity contribution >= 4 is 11.6 Å². The molecule has 0 saturated carbocycles. The minimum atomic E-state index is -0.195. The van der Waals surface area contributed by atoms with E-state index in [4.69, 9.17) is 16.4 Å². The van der Waals surface area contributed by atoms with E-state index in [-0.39, 0.29) is 5.60 Å². The molecule has 1 aromatic heterocycles. The molecule has 0 aliphatic heterocycles. The first kappa shape index (κ1) is 11.4. The molecule has 0 saturated heterocycles. The molecule has 3 nitrogen and oxygen atoms in total. The zero-order valence-electron chi connectivity index (χ0n) is 8.67. The van der Waals surface area contributed by atoms with Gasteiger partial charge in [-0.1, -0.05) is 11.6 Å². The highest BCUT2D eigenvalue weighted by Crippen LogP contribution is 2.13. The van der Waals surface area contributed by atoms with Crippen molar-refractivity contribution in [1.82, 2.24) is 10.5 Å². The Morgan fingerprint density at radius 2 is 2.21 bits per heavy atom. The largest absolute Gasteiger partial charge is 0.296 e. The maximum atomic E-state index is 5.92. The lowest BCUT2D eigenvalue weighted by molar-refractivity contribution is -0.0757. The van der Waals surface area contributed by atoms with Crippen LogP contribution >= 0.6 is 11.6 Å². The Labute approximate surface area is 89.4 Å². The van der Waals surface area contributed by atoms with E-state index in [1.807, 2.05) is 26.8 Å². The van der Waals surface area contributed by atoms with E-state index >= 15 is 0 Å². The normalized spacial score (nSPS) is 11.7. The van der Waals surface area contributed by atoms with Crippen molar-refractivity contribution in [3.63, 3.8) is 0 Å². The van der Waals surface area contributed by atoms with Crippen LogP contribution in [-0.2, 0) is 11.4 Å². The second-order valence-electron chi connectivity index (χ2n) is 4.00. The molecule has 14 heavy (non-hydrogen) atoms. The number of aromatic nitrogens is 1. The van der Waals surface area contributed by atoms with Crippen molar-refractivity contribution in [1.29, 1.82) is 0 Å². The van der Waals surface area contributed by atoms with E-state index in [1.165, 1.54) is 0 Å². The Balaban J connectivity index is 2.43. The number of pyridine rings is 1. The van der Waals surface area contributed by atoms with Crippen LogP contribution in [-0.4, -0.2) is 10.6 Å². The summed E-state index contributed by atoms with van der Waals surface area (Å²) in [5, 5.41) is 0.650. The molecule has 4 heteroatoms. The van der Waals surface area contributed by atoms with E-state index in [0.29, 0.717) is 11.6 Å². The molecule has 0 radical (unpaired) electrons. The van der Waals surface area contributed by atoms with Crippen molar-refractivity contribution in [2.24, 2.45) is 0 Å². The van der Waals surface area contributed by atoms with Crippen LogP contribution in [0.3, 0.4) is 0 Å². The number of nitrogens with zero attached hydrogens (tertiary/aromatic N) is 1. The molecule has 0 aromatic carbocycles. The van der Waals surface area contributed by atoms with Crippen LogP contribution in [0, 0.1) is 0 Å². The first-order valence-corrected chi connectivity index (χ1v) is 4.86. The molecule has 0 amide bonds. The van der Waals surface area contributed by atoms with Gasteiger partial charge in [-0.15, -0.1) is 0 Å². The molecular weight excluding hydrogens is 200 g/mol. The third kappa shape index (κ3) is 4.05. The van der Waals surface area contributed by atoms with Gasteiger partial charge in [0.05, 0.1) is 10.6 Å². The monoisotopic (exact) mass is 214 g/mol. The Kier molecular flexibility index (Phi) is 3.86. The predicted molar refractivity (Wildman–Crippen MR) is 56.9 cm³/mol. The number of rotatable bonds is 3. The molecule has 0 atom stereocenters. The van der Waals surface area contributed by atoms with E-state index in [9.17, 15) is 0 Å². The summed E-state index contributed by atoms with van der Waals surface area (Å²) in [6.45, 7) is 6.52. The molecule has 1 aromatic rings. The Morgan fingerprint density at radius 3 is 2.79 bits per heavy atom. The quantitative estimate of drug-likeness (QED) is 0.786. The molecule has 1 N–H and O–H groups in total. The Hall–Kier alpha value is -0.640. The summed E-state index contributed by atoms with van der Waals surface area (Å²) in [4.78, 5) is 9.26. The van der Waals surface area contributed by atoms with Crippen LogP contribution in [0.1, 0.15) is 26.3 Å². The fourth-order valence-electron chi connectivity index (χ4n) is 0.878. The first-order chi connectivity index (χ1) is 6.49. The molecule has 0 spiro atoms. The fourth-order valence-corrected chi connectivity index (χ4v) is 1.06. The molecule has 0 aliphatic carbocycles. The van der Waals surface area contributed by atoms with Gasteiger partial charge in [0.2, 0.25) is 0 Å². The SMILES string of the molecule is CC(C)(C)ONCc1ccncc1Cl. The molecule has 1 rings (SSSR count). The van der Waals surface area contributed by atoms with Gasteiger partial charge in [-0.05, 0) is 32.4 Å². The highest BCUT2D eigenvalue weighted by atomic mass is 35.5. The van der Waals surface area contributed by atoms with Gasteiger partial charge in [0.15, 0.2) is 0 Å². The van der Waals surface area contributed by atoms with Crippen LogP contribution in [0.15, 0.2) is 18.5 Å². The number of halogens is 1. The molecule has 0 bridgehead atoms. The van der Waals surface area contributed by atoms with Crippen LogP contribution in [0.25, 0.3) is 0 Å². The molecule has 0 aliphatic rings. The van der Waals surface area contributed by atoms with E-state index in [1.54, 1.807) is 12.4 Å². The molecule has 78 valence electrons. The van der Waals surface area contributed by atoms with Gasteiger partial charge in [0.1, 0.15) is 0 Å². The minimum Gasteiger partial charge on any atom is -0.296 e. The lowest BCUT2D eigenvalue weighted by atomic mass is 10.2. The van der Waals surface area contributed by atoms with Gasteiger partial charge in [0, 0.05) is 18.9 Å². The third-order valence-electron chi connectivity index (χ3n) is 1.50. The van der Waals surface area contributed by atoms with Crippen molar-refractivity contribution < 1.29 is 4.84 Å². The smallest absolute Gasteiger partial charge is 0.0813 e. The summed E-state index contributed by atoms with van der Waals surface area (Å²) < 4.78 is 0. The van der Waals surface area contributed by atoms with Crippen molar-refractivity contribution in [3.05, 3.63) is 29.0 Å². The summed E-state index contributed by atoms with van der Waals surface area (Å²) in [6, 6.07) is 1.86. The Bertz CT molecular complexity index is 296. The average molecular weight is 215 g/mol. The summed E-state index contributed by atoms with van der Waals surface area (Å²) >= 11 is 5.92. The molecule has 1 heterocycles. The molecular formula is C10H15ClN2O. The van der Waals surface area contributed by atoms with Crippen LogP contribution in [0.4, 0.5) is 0 Å². The van der Waals surface area contributed by atoms with Gasteiger partial charge >= 0.3 is 0 Å². The molecule has 0 fully saturated rings. The standard InChI is InChI=1S/C10H15ClN2O/c1-10(2,3)14-13-6-8-4-5-12-7-9(8)11/h4-5,7,13H,6H2,1-3H3. The zero-order valence-corrected chi connectivity index (χ0v) is 9.43. The van der Waals surface area contributed by atoms with Gasteiger partial charge < -0.3 is 0 Å². The van der Waals surface area contributed by atoms with Gasteiger partial charge in [0.25, 0.3) is 0 Å². The predicted octanol–water partition coefficient (Wildman–Crippen LogP) is 2.55. The number of hydrogen-bond acceptors (Lipinski definition) is 3. The van der Waals surface area contributed by atoms with E-state index in [0.717, 1.165) is 5.56 Å². The van der Waals surface area contributed by atoms with Crippen LogP contribution in [0.5, 0.6) is 0 Å².